The number of aliphatic carboxylic acids is 1. The smallest absolute Gasteiger partial charge is 0.309 e. The Morgan fingerprint density at radius 3 is 1.27 bits per heavy atom. The Morgan fingerprint density at radius 1 is 0.537 bits per heavy atom. The number of carbonyl (C=O) groups is 2. The lowest BCUT2D eigenvalue weighted by Crippen LogP contribution is -2.21. The Bertz CT molecular complexity index is 585. The number of esters is 1. The summed E-state index contributed by atoms with van der Waals surface area (Å²) >= 11 is 0. The summed E-state index contributed by atoms with van der Waals surface area (Å²) in [5, 5.41) is 9.05. The predicted molar refractivity (Wildman–Crippen MR) is 176 cm³/mol. The molecular weight excluding hydrogens is 508 g/mol. The van der Waals surface area contributed by atoms with Gasteiger partial charge in [-0.15, -0.1) is 0 Å². The molecule has 0 spiro atoms. The van der Waals surface area contributed by atoms with Crippen LogP contribution >= 0.6 is 0 Å². The molecule has 0 aromatic carbocycles. The van der Waals surface area contributed by atoms with Crippen LogP contribution in [-0.4, -0.2) is 23.7 Å². The first-order chi connectivity index (χ1) is 20.1. The van der Waals surface area contributed by atoms with E-state index in [-0.39, 0.29) is 12.4 Å². The first-order valence-corrected chi connectivity index (χ1v) is 18.1. The van der Waals surface area contributed by atoms with Crippen molar-refractivity contribution in [1.82, 2.24) is 0 Å². The average Bonchev–Trinajstić information content (AvgIpc) is 2.96. The molecule has 0 saturated carbocycles. The van der Waals surface area contributed by atoms with Gasteiger partial charge in [-0.1, -0.05) is 167 Å². The van der Waals surface area contributed by atoms with Gasteiger partial charge in [-0.25, -0.2) is 0 Å². The predicted octanol–water partition coefficient (Wildman–Crippen LogP) is 12.1. The minimum absolute atomic E-state index is 0.115. The van der Waals surface area contributed by atoms with Crippen molar-refractivity contribution >= 4 is 11.9 Å². The molecule has 0 aliphatic rings. The summed E-state index contributed by atoms with van der Waals surface area (Å²) in [7, 11) is 0. The van der Waals surface area contributed by atoms with E-state index in [4.69, 9.17) is 9.84 Å². The van der Waals surface area contributed by atoms with Gasteiger partial charge >= 0.3 is 11.9 Å². The number of ether oxygens (including phenoxy) is 1. The maximum absolute atomic E-state index is 12.0. The summed E-state index contributed by atoms with van der Waals surface area (Å²) in [5.74, 6) is -1.75. The fraction of sp³-hybridized carbons (Fsp3) is 0.892. The van der Waals surface area contributed by atoms with Crippen LogP contribution in [-0.2, 0) is 14.3 Å². The van der Waals surface area contributed by atoms with Crippen LogP contribution in [0.15, 0.2) is 12.2 Å². The molecule has 41 heavy (non-hydrogen) atoms. The Hall–Kier alpha value is -1.32. The third kappa shape index (κ3) is 31.4. The second-order valence-corrected chi connectivity index (χ2v) is 12.4. The van der Waals surface area contributed by atoms with Crippen LogP contribution in [0.2, 0.25) is 0 Å². The number of allylic oxidation sites excluding steroid dienone is 2. The molecule has 1 unspecified atom stereocenters. The fourth-order valence-electron chi connectivity index (χ4n) is 5.59. The normalized spacial score (nSPS) is 12.2. The van der Waals surface area contributed by atoms with Crippen LogP contribution in [0, 0.1) is 5.92 Å². The number of hydrogen-bond acceptors (Lipinski definition) is 3. The highest BCUT2D eigenvalue weighted by Gasteiger charge is 2.22. The lowest BCUT2D eigenvalue weighted by Gasteiger charge is -2.13. The molecule has 0 radical (unpaired) electrons. The molecule has 4 nitrogen and oxygen atoms in total. The molecule has 0 bridgehead atoms. The monoisotopic (exact) mass is 579 g/mol. The largest absolute Gasteiger partial charge is 0.481 e. The summed E-state index contributed by atoms with van der Waals surface area (Å²) in [6.45, 7) is 4.62. The van der Waals surface area contributed by atoms with E-state index in [1.165, 1.54) is 154 Å². The van der Waals surface area contributed by atoms with Crippen molar-refractivity contribution in [3.8, 4) is 0 Å². The second kappa shape index (κ2) is 33.2. The van der Waals surface area contributed by atoms with Crippen molar-refractivity contribution in [1.29, 1.82) is 0 Å². The van der Waals surface area contributed by atoms with Crippen LogP contribution in [0.1, 0.15) is 200 Å². The molecule has 0 saturated heterocycles. The van der Waals surface area contributed by atoms with Gasteiger partial charge in [0.05, 0.1) is 18.9 Å². The van der Waals surface area contributed by atoms with Crippen LogP contribution in [0.25, 0.3) is 0 Å². The molecule has 242 valence electrons. The minimum atomic E-state index is -0.918. The molecule has 0 aliphatic heterocycles. The molecule has 0 heterocycles. The Balaban J connectivity index is 3.35. The summed E-state index contributed by atoms with van der Waals surface area (Å²) in [6.07, 6.45) is 41.0. The van der Waals surface area contributed by atoms with Crippen LogP contribution in [0.4, 0.5) is 0 Å². The Kier molecular flexibility index (Phi) is 32.1. The average molecular weight is 579 g/mol. The Labute approximate surface area is 255 Å². The second-order valence-electron chi connectivity index (χ2n) is 12.4. The van der Waals surface area contributed by atoms with Gasteiger partial charge in [0.2, 0.25) is 0 Å². The van der Waals surface area contributed by atoms with Crippen LogP contribution in [0.3, 0.4) is 0 Å². The third-order valence-electron chi connectivity index (χ3n) is 8.27. The van der Waals surface area contributed by atoms with Gasteiger partial charge in [-0.05, 0) is 38.5 Å². The van der Waals surface area contributed by atoms with Crippen LogP contribution in [0.5, 0.6) is 0 Å². The molecule has 1 atom stereocenters. The van der Waals surface area contributed by atoms with E-state index in [2.05, 4.69) is 19.1 Å². The number of carboxylic acids is 1. The summed E-state index contributed by atoms with van der Waals surface area (Å²) < 4.78 is 5.16. The summed E-state index contributed by atoms with van der Waals surface area (Å²) in [4.78, 5) is 23.1. The van der Waals surface area contributed by atoms with Gasteiger partial charge in [0.1, 0.15) is 0 Å². The summed E-state index contributed by atoms with van der Waals surface area (Å²) in [6, 6.07) is 0. The number of rotatable bonds is 33. The van der Waals surface area contributed by atoms with Crippen molar-refractivity contribution in [3.63, 3.8) is 0 Å². The van der Waals surface area contributed by atoms with Crippen LogP contribution < -0.4 is 0 Å². The lowest BCUT2D eigenvalue weighted by molar-refractivity contribution is -0.153. The quantitative estimate of drug-likeness (QED) is 0.0478. The van der Waals surface area contributed by atoms with Crippen molar-refractivity contribution in [2.75, 3.05) is 6.61 Å². The lowest BCUT2D eigenvalue weighted by atomic mass is 9.97. The van der Waals surface area contributed by atoms with Gasteiger partial charge < -0.3 is 9.84 Å². The molecule has 1 N–H and O–H groups in total. The highest BCUT2D eigenvalue weighted by atomic mass is 16.5. The number of carbonyl (C=O) groups excluding carboxylic acids is 1. The fourth-order valence-corrected chi connectivity index (χ4v) is 5.59. The number of hydrogen-bond donors (Lipinski definition) is 1. The zero-order chi connectivity index (χ0) is 30.1. The zero-order valence-corrected chi connectivity index (χ0v) is 27.6. The van der Waals surface area contributed by atoms with Gasteiger partial charge in [0, 0.05) is 0 Å². The van der Waals surface area contributed by atoms with Gasteiger partial charge in [-0.2, -0.15) is 0 Å². The minimum Gasteiger partial charge on any atom is -0.481 e. The van der Waals surface area contributed by atoms with Crippen molar-refractivity contribution < 1.29 is 19.4 Å². The maximum Gasteiger partial charge on any atom is 0.309 e. The molecule has 4 heteroatoms. The SMILES string of the molecule is CCCCCCCCCCCCCCCCCC/C=C/CCCCCCCCCCC(CC(=O)O)C(=O)OCCC. The molecule has 0 aromatic heterocycles. The first kappa shape index (κ1) is 39.7. The molecule has 0 aromatic rings. The van der Waals surface area contributed by atoms with Crippen molar-refractivity contribution in [2.45, 2.75) is 200 Å². The van der Waals surface area contributed by atoms with Crippen molar-refractivity contribution in [2.24, 2.45) is 5.92 Å². The highest BCUT2D eigenvalue weighted by molar-refractivity contribution is 5.79. The van der Waals surface area contributed by atoms with E-state index in [1.54, 1.807) is 0 Å². The number of unbranched alkanes of at least 4 members (excludes halogenated alkanes) is 24. The van der Waals surface area contributed by atoms with Crippen molar-refractivity contribution in [3.05, 3.63) is 12.2 Å². The highest BCUT2D eigenvalue weighted by Crippen LogP contribution is 2.18. The first-order valence-electron chi connectivity index (χ1n) is 18.1. The molecule has 0 fully saturated rings. The topological polar surface area (TPSA) is 63.6 Å². The standard InChI is InChI=1S/C37H70O4/c1-3-5-6-7-8-9-10-11-12-13-14-15-16-17-18-19-20-21-22-23-24-25-26-27-28-29-30-31-32-35(34-36(38)39)37(40)41-33-4-2/h21-22,35H,3-20,23-34H2,1-2H3,(H,38,39)/b22-21+. The van der Waals surface area contributed by atoms with E-state index in [9.17, 15) is 9.59 Å². The van der Waals surface area contributed by atoms with E-state index in [0.29, 0.717) is 13.0 Å². The zero-order valence-electron chi connectivity index (χ0n) is 27.6. The summed E-state index contributed by atoms with van der Waals surface area (Å²) in [5.41, 5.74) is 0. The maximum atomic E-state index is 12.0. The molecule has 0 aliphatic carbocycles. The van der Waals surface area contributed by atoms with E-state index in [0.717, 1.165) is 19.3 Å². The van der Waals surface area contributed by atoms with Gasteiger partial charge in [-0.3, -0.25) is 9.59 Å². The molecule has 0 rings (SSSR count). The van der Waals surface area contributed by atoms with E-state index >= 15 is 0 Å². The van der Waals surface area contributed by atoms with E-state index in [1.807, 2.05) is 6.92 Å². The number of carboxylic acid groups (broad SMARTS) is 1. The van der Waals surface area contributed by atoms with Gasteiger partial charge in [0.15, 0.2) is 0 Å². The Morgan fingerprint density at radius 2 is 0.902 bits per heavy atom. The van der Waals surface area contributed by atoms with E-state index < -0.39 is 11.9 Å². The molecular formula is C37H70O4. The molecule has 0 amide bonds. The van der Waals surface area contributed by atoms with Gasteiger partial charge in [0.25, 0.3) is 0 Å². The third-order valence-corrected chi connectivity index (χ3v) is 8.27.